The summed E-state index contributed by atoms with van der Waals surface area (Å²) in [5.41, 5.74) is 0.987. The van der Waals surface area contributed by atoms with E-state index >= 15 is 0 Å². The molecule has 0 aromatic heterocycles. The van der Waals surface area contributed by atoms with Crippen molar-refractivity contribution < 1.29 is 18.8 Å². The van der Waals surface area contributed by atoms with Crippen LogP contribution in [0.2, 0.25) is 0 Å². The molecule has 0 heterocycles. The van der Waals surface area contributed by atoms with Gasteiger partial charge in [-0.2, -0.15) is 0 Å². The lowest BCUT2D eigenvalue weighted by molar-refractivity contribution is 0.223. The average molecular weight is 271 g/mol. The van der Waals surface area contributed by atoms with Crippen LogP contribution in [-0.4, -0.2) is 30.3 Å². The highest BCUT2D eigenvalue weighted by atomic mass is 31.2. The first kappa shape index (κ1) is 14.9. The van der Waals surface area contributed by atoms with E-state index in [2.05, 4.69) is 5.16 Å². The van der Waals surface area contributed by atoms with E-state index in [0.29, 0.717) is 11.3 Å². The third-order valence-electron chi connectivity index (χ3n) is 2.22. The average Bonchev–Trinajstić information content (AvgIpc) is 2.38. The molecule has 0 atom stereocenters. The molecular formula is C12H18NO4P. The number of hydrogen-bond donors (Lipinski definition) is 1. The Kier molecular flexibility index (Phi) is 6.05. The highest BCUT2D eigenvalue weighted by Crippen LogP contribution is 2.48. The first-order chi connectivity index (χ1) is 8.65. The van der Waals surface area contributed by atoms with Crippen LogP contribution < -0.4 is 0 Å². The Morgan fingerprint density at radius 3 is 2.22 bits per heavy atom. The van der Waals surface area contributed by atoms with Gasteiger partial charge in [-0.3, -0.25) is 4.57 Å². The highest BCUT2D eigenvalue weighted by Gasteiger charge is 2.27. The number of oxime groups is 1. The fraction of sp³-hybridized carbons (Fsp3) is 0.417. The standard InChI is InChI=1S/C12H18NO4P/c1-3-16-18(15,17-4-2)10-12(13-14)11-8-6-5-7-9-11/h5-9,14H,3-4,10H2,1-2H3/b13-12+. The van der Waals surface area contributed by atoms with Gasteiger partial charge in [-0.25, -0.2) is 0 Å². The Morgan fingerprint density at radius 2 is 1.78 bits per heavy atom. The fourth-order valence-corrected chi connectivity index (χ4v) is 3.17. The lowest BCUT2D eigenvalue weighted by Gasteiger charge is -2.17. The Hall–Kier alpha value is -1.16. The maximum Gasteiger partial charge on any atom is 0.336 e. The molecule has 0 amide bonds. The minimum atomic E-state index is -3.25. The molecule has 0 unspecified atom stereocenters. The van der Waals surface area contributed by atoms with Crippen LogP contribution in [0.25, 0.3) is 0 Å². The topological polar surface area (TPSA) is 68.1 Å². The molecule has 0 saturated heterocycles. The van der Waals surface area contributed by atoms with Crippen LogP contribution in [0.4, 0.5) is 0 Å². The maximum atomic E-state index is 12.3. The second-order valence-corrected chi connectivity index (χ2v) is 5.57. The zero-order valence-electron chi connectivity index (χ0n) is 10.6. The van der Waals surface area contributed by atoms with Crippen molar-refractivity contribution in [3.8, 4) is 0 Å². The van der Waals surface area contributed by atoms with E-state index in [-0.39, 0.29) is 19.4 Å². The van der Waals surface area contributed by atoms with Crippen LogP contribution in [0.3, 0.4) is 0 Å². The predicted molar refractivity (Wildman–Crippen MR) is 70.5 cm³/mol. The van der Waals surface area contributed by atoms with Crippen molar-refractivity contribution >= 4 is 13.3 Å². The summed E-state index contributed by atoms with van der Waals surface area (Å²) in [5, 5.41) is 12.2. The van der Waals surface area contributed by atoms with E-state index in [9.17, 15) is 4.57 Å². The van der Waals surface area contributed by atoms with Gasteiger partial charge in [-0.05, 0) is 19.4 Å². The smallest absolute Gasteiger partial charge is 0.336 e. The quantitative estimate of drug-likeness (QED) is 0.358. The molecule has 100 valence electrons. The van der Waals surface area contributed by atoms with Crippen molar-refractivity contribution in [3.63, 3.8) is 0 Å². The second kappa shape index (κ2) is 7.31. The van der Waals surface area contributed by atoms with Crippen molar-refractivity contribution in [2.45, 2.75) is 13.8 Å². The molecule has 1 aromatic carbocycles. The molecule has 0 aliphatic carbocycles. The van der Waals surface area contributed by atoms with Crippen LogP contribution in [0.15, 0.2) is 35.5 Å². The van der Waals surface area contributed by atoms with E-state index < -0.39 is 7.60 Å². The summed E-state index contributed by atoms with van der Waals surface area (Å²) in [6, 6.07) is 9.03. The number of nitrogens with zero attached hydrogens (tertiary/aromatic N) is 1. The minimum Gasteiger partial charge on any atom is -0.411 e. The van der Waals surface area contributed by atoms with Gasteiger partial charge in [-0.15, -0.1) is 0 Å². The van der Waals surface area contributed by atoms with Crippen molar-refractivity contribution in [3.05, 3.63) is 35.9 Å². The molecule has 5 nitrogen and oxygen atoms in total. The van der Waals surface area contributed by atoms with E-state index in [1.54, 1.807) is 26.0 Å². The van der Waals surface area contributed by atoms with Gasteiger partial charge >= 0.3 is 7.60 Å². The minimum absolute atomic E-state index is 0.0464. The zero-order chi connectivity index (χ0) is 13.4. The normalized spacial score (nSPS) is 12.7. The van der Waals surface area contributed by atoms with E-state index in [0.717, 1.165) is 0 Å². The molecular weight excluding hydrogens is 253 g/mol. The summed E-state index contributed by atoms with van der Waals surface area (Å²) in [5.74, 6) is 0. The molecule has 6 heteroatoms. The van der Waals surface area contributed by atoms with Gasteiger partial charge in [-0.1, -0.05) is 35.5 Å². The third kappa shape index (κ3) is 4.26. The summed E-state index contributed by atoms with van der Waals surface area (Å²) in [6.07, 6.45) is -0.0464. The largest absolute Gasteiger partial charge is 0.411 e. The molecule has 18 heavy (non-hydrogen) atoms. The van der Waals surface area contributed by atoms with Crippen molar-refractivity contribution in [1.82, 2.24) is 0 Å². The van der Waals surface area contributed by atoms with Crippen LogP contribution in [0.5, 0.6) is 0 Å². The fourth-order valence-electron chi connectivity index (χ4n) is 1.52. The van der Waals surface area contributed by atoms with Gasteiger partial charge < -0.3 is 14.3 Å². The van der Waals surface area contributed by atoms with Crippen molar-refractivity contribution in [2.75, 3.05) is 19.4 Å². The highest BCUT2D eigenvalue weighted by molar-refractivity contribution is 7.55. The molecule has 1 aromatic rings. The first-order valence-corrected chi connectivity index (χ1v) is 7.52. The van der Waals surface area contributed by atoms with Gasteiger partial charge in [0.25, 0.3) is 0 Å². The number of benzene rings is 1. The van der Waals surface area contributed by atoms with E-state index in [1.807, 2.05) is 18.2 Å². The number of rotatable bonds is 7. The van der Waals surface area contributed by atoms with E-state index in [4.69, 9.17) is 14.3 Å². The molecule has 0 spiro atoms. The summed E-state index contributed by atoms with van der Waals surface area (Å²) in [6.45, 7) is 4.05. The third-order valence-corrected chi connectivity index (χ3v) is 4.21. The summed E-state index contributed by atoms with van der Waals surface area (Å²) < 4.78 is 22.6. The van der Waals surface area contributed by atoms with Gasteiger partial charge in [0.15, 0.2) is 0 Å². The SMILES string of the molecule is CCOP(=O)(C/C(=N\O)c1ccccc1)OCC. The maximum absolute atomic E-state index is 12.3. The van der Waals surface area contributed by atoms with Crippen LogP contribution in [-0.2, 0) is 13.6 Å². The van der Waals surface area contributed by atoms with Crippen LogP contribution >= 0.6 is 7.60 Å². The van der Waals surface area contributed by atoms with Gasteiger partial charge in [0.2, 0.25) is 0 Å². The van der Waals surface area contributed by atoms with Crippen molar-refractivity contribution in [1.29, 1.82) is 0 Å². The predicted octanol–water partition coefficient (Wildman–Crippen LogP) is 3.13. The second-order valence-electron chi connectivity index (χ2n) is 3.52. The molecule has 1 N–H and O–H groups in total. The summed E-state index contributed by atoms with van der Waals surface area (Å²) in [4.78, 5) is 0. The Morgan fingerprint density at radius 1 is 1.22 bits per heavy atom. The van der Waals surface area contributed by atoms with Gasteiger partial charge in [0.1, 0.15) is 0 Å². The van der Waals surface area contributed by atoms with Crippen molar-refractivity contribution in [2.24, 2.45) is 5.16 Å². The molecule has 0 bridgehead atoms. The lowest BCUT2D eigenvalue weighted by atomic mass is 10.1. The molecule has 0 fully saturated rings. The Balaban J connectivity index is 2.88. The van der Waals surface area contributed by atoms with Gasteiger partial charge in [0, 0.05) is 0 Å². The molecule has 0 aliphatic rings. The molecule has 1 rings (SSSR count). The zero-order valence-corrected chi connectivity index (χ0v) is 11.5. The van der Waals surface area contributed by atoms with E-state index in [1.165, 1.54) is 0 Å². The molecule has 0 aliphatic heterocycles. The molecule has 0 saturated carbocycles. The Bertz CT molecular complexity index is 423. The van der Waals surface area contributed by atoms with Crippen LogP contribution in [0.1, 0.15) is 19.4 Å². The lowest BCUT2D eigenvalue weighted by Crippen LogP contribution is -2.11. The van der Waals surface area contributed by atoms with Gasteiger partial charge in [0.05, 0.1) is 25.1 Å². The monoisotopic (exact) mass is 271 g/mol. The van der Waals surface area contributed by atoms with Crippen LogP contribution in [0, 0.1) is 0 Å². The first-order valence-electron chi connectivity index (χ1n) is 5.79. The summed E-state index contributed by atoms with van der Waals surface area (Å²) >= 11 is 0. The summed E-state index contributed by atoms with van der Waals surface area (Å²) in [7, 11) is -3.25. The molecule has 0 radical (unpaired) electrons. The Labute approximate surface area is 107 Å². The number of hydrogen-bond acceptors (Lipinski definition) is 5.